The number of hydrogen-bond acceptors (Lipinski definition) is 5. The molecule has 1 amide bonds. The fourth-order valence-electron chi connectivity index (χ4n) is 5.41. The number of ether oxygens (including phenoxy) is 2. The number of esters is 1. The molecule has 1 heterocycles. The molecule has 0 saturated heterocycles. The first kappa shape index (κ1) is 24.2. The van der Waals surface area contributed by atoms with Gasteiger partial charge in [0.15, 0.2) is 0 Å². The summed E-state index contributed by atoms with van der Waals surface area (Å²) in [5, 5.41) is 3.23. The zero-order valence-electron chi connectivity index (χ0n) is 20.3. The van der Waals surface area contributed by atoms with Crippen LogP contribution >= 0.6 is 0 Å². The van der Waals surface area contributed by atoms with E-state index in [4.69, 9.17) is 9.47 Å². The summed E-state index contributed by atoms with van der Waals surface area (Å²) in [5.41, 5.74) is 1.87. The van der Waals surface area contributed by atoms with Gasteiger partial charge in [0, 0.05) is 12.3 Å². The fraction of sp³-hybridized carbons (Fsp3) is 0.536. The maximum atomic E-state index is 13.6. The second kappa shape index (κ2) is 11.0. The Bertz CT molecular complexity index is 976. The second-order valence-electron chi connectivity index (χ2n) is 9.80. The zero-order valence-corrected chi connectivity index (χ0v) is 20.3. The molecule has 0 radical (unpaired) electrons. The van der Waals surface area contributed by atoms with E-state index in [0.717, 1.165) is 36.8 Å². The van der Waals surface area contributed by atoms with E-state index in [0.29, 0.717) is 24.0 Å². The molecule has 0 unspecified atom stereocenters. The van der Waals surface area contributed by atoms with Gasteiger partial charge in [-0.1, -0.05) is 44.2 Å². The molecular weight excluding hydrogens is 428 g/mol. The number of nitrogens with one attached hydrogen (secondary N) is 1. The Labute approximate surface area is 202 Å². The Hall–Kier alpha value is -2.89. The average Bonchev–Trinajstić information content (AvgIpc) is 3.39. The molecule has 2 aromatic rings. The van der Waals surface area contributed by atoms with Crippen LogP contribution in [0.15, 0.2) is 42.6 Å². The number of nitrogens with zero attached hydrogens (tertiary/aromatic N) is 1. The topological polar surface area (TPSA) is 77.5 Å². The molecule has 34 heavy (non-hydrogen) atoms. The third-order valence-corrected chi connectivity index (χ3v) is 7.55. The highest BCUT2D eigenvalue weighted by Crippen LogP contribution is 2.42. The lowest BCUT2D eigenvalue weighted by molar-refractivity contribution is -0.127. The van der Waals surface area contributed by atoms with Crippen molar-refractivity contribution in [2.45, 2.75) is 76.2 Å². The first-order chi connectivity index (χ1) is 16.5. The minimum absolute atomic E-state index is 0.0407. The van der Waals surface area contributed by atoms with Crippen molar-refractivity contribution in [1.82, 2.24) is 10.3 Å². The van der Waals surface area contributed by atoms with Crippen molar-refractivity contribution in [3.63, 3.8) is 0 Å². The van der Waals surface area contributed by atoms with Gasteiger partial charge in [-0.3, -0.25) is 4.79 Å². The lowest BCUT2D eigenvalue weighted by atomic mass is 9.78. The average molecular weight is 465 g/mol. The van der Waals surface area contributed by atoms with E-state index < -0.39 is 5.41 Å². The molecule has 2 saturated carbocycles. The molecule has 1 N–H and O–H groups in total. The van der Waals surface area contributed by atoms with Gasteiger partial charge >= 0.3 is 5.97 Å². The second-order valence-corrected chi connectivity index (χ2v) is 9.80. The fourth-order valence-corrected chi connectivity index (χ4v) is 5.41. The number of carbonyl (C=O) groups excluding carboxylic acids is 2. The maximum Gasteiger partial charge on any atom is 0.337 e. The quantitative estimate of drug-likeness (QED) is 0.521. The van der Waals surface area contributed by atoms with Crippen molar-refractivity contribution in [2.24, 2.45) is 5.92 Å². The molecule has 0 bridgehead atoms. The molecule has 1 aromatic carbocycles. The molecule has 1 atom stereocenters. The third-order valence-electron chi connectivity index (χ3n) is 7.55. The highest BCUT2D eigenvalue weighted by Gasteiger charge is 2.43. The molecule has 1 aromatic heterocycles. The Morgan fingerprint density at radius 2 is 1.76 bits per heavy atom. The number of aromatic nitrogens is 1. The van der Waals surface area contributed by atoms with Gasteiger partial charge in [-0.15, -0.1) is 0 Å². The standard InChI is InChI=1S/C28H36N2O4/c1-20(22-10-12-23(13-11-22)26(31)33-2)30-27(32)28(15-6-7-16-28)24-14-17-29-25(18-24)34-19-21-8-4-3-5-9-21/h10-14,17-18,20-21H,3-9,15-16,19H2,1-2H3,(H,30,32)/t20-/m0/s1. The van der Waals surface area contributed by atoms with E-state index in [1.807, 2.05) is 31.2 Å². The van der Waals surface area contributed by atoms with Crippen molar-refractivity contribution in [3.05, 3.63) is 59.3 Å². The number of pyridine rings is 1. The van der Waals surface area contributed by atoms with Gasteiger partial charge in [0.05, 0.1) is 30.7 Å². The Balaban J connectivity index is 1.46. The molecular formula is C28H36N2O4. The summed E-state index contributed by atoms with van der Waals surface area (Å²) in [6.07, 6.45) is 11.8. The minimum atomic E-state index is -0.563. The van der Waals surface area contributed by atoms with Crippen LogP contribution in [0, 0.1) is 5.92 Å². The summed E-state index contributed by atoms with van der Waals surface area (Å²) in [4.78, 5) is 29.8. The summed E-state index contributed by atoms with van der Waals surface area (Å²) >= 11 is 0. The van der Waals surface area contributed by atoms with Crippen molar-refractivity contribution in [2.75, 3.05) is 13.7 Å². The van der Waals surface area contributed by atoms with Crippen molar-refractivity contribution < 1.29 is 19.1 Å². The summed E-state index contributed by atoms with van der Waals surface area (Å²) in [6, 6.07) is 10.9. The summed E-state index contributed by atoms with van der Waals surface area (Å²) in [5.74, 6) is 0.897. The highest BCUT2D eigenvalue weighted by atomic mass is 16.5. The first-order valence-corrected chi connectivity index (χ1v) is 12.6. The molecule has 2 fully saturated rings. The Morgan fingerprint density at radius 1 is 1.06 bits per heavy atom. The molecule has 2 aliphatic carbocycles. The Kier molecular flexibility index (Phi) is 7.86. The maximum absolute atomic E-state index is 13.6. The lowest BCUT2D eigenvalue weighted by Crippen LogP contribution is -2.43. The molecule has 4 rings (SSSR count). The number of carbonyl (C=O) groups is 2. The predicted molar refractivity (Wildman–Crippen MR) is 131 cm³/mol. The van der Waals surface area contributed by atoms with E-state index in [2.05, 4.69) is 10.3 Å². The number of hydrogen-bond donors (Lipinski definition) is 1. The van der Waals surface area contributed by atoms with E-state index >= 15 is 0 Å². The largest absolute Gasteiger partial charge is 0.477 e. The zero-order chi connectivity index (χ0) is 24.0. The normalized spacial score (nSPS) is 18.8. The van der Waals surface area contributed by atoms with Gasteiger partial charge in [-0.2, -0.15) is 0 Å². The monoisotopic (exact) mass is 464 g/mol. The first-order valence-electron chi connectivity index (χ1n) is 12.6. The van der Waals surface area contributed by atoms with Gasteiger partial charge in [0.1, 0.15) is 0 Å². The van der Waals surface area contributed by atoms with Crippen LogP contribution in [0.3, 0.4) is 0 Å². The van der Waals surface area contributed by atoms with Crippen LogP contribution < -0.4 is 10.1 Å². The van der Waals surface area contributed by atoms with Crippen molar-refractivity contribution >= 4 is 11.9 Å². The van der Waals surface area contributed by atoms with E-state index in [1.165, 1.54) is 39.2 Å². The number of benzene rings is 1. The predicted octanol–water partition coefficient (Wildman–Crippen LogP) is 5.52. The molecule has 6 heteroatoms. The van der Waals surface area contributed by atoms with E-state index in [-0.39, 0.29) is 17.9 Å². The van der Waals surface area contributed by atoms with E-state index in [1.54, 1.807) is 18.3 Å². The molecule has 0 aliphatic heterocycles. The Morgan fingerprint density at radius 3 is 2.44 bits per heavy atom. The van der Waals surface area contributed by atoms with E-state index in [9.17, 15) is 9.59 Å². The van der Waals surface area contributed by atoms with Crippen LogP contribution in [0.2, 0.25) is 0 Å². The van der Waals surface area contributed by atoms with Gasteiger partial charge in [-0.05, 0) is 67.9 Å². The van der Waals surface area contributed by atoms with Crippen LogP contribution in [0.25, 0.3) is 0 Å². The minimum Gasteiger partial charge on any atom is -0.477 e. The van der Waals surface area contributed by atoms with Gasteiger partial charge in [0.25, 0.3) is 0 Å². The molecule has 2 aliphatic rings. The van der Waals surface area contributed by atoms with Crippen LogP contribution in [-0.4, -0.2) is 30.6 Å². The lowest BCUT2D eigenvalue weighted by Gasteiger charge is -2.30. The number of methoxy groups -OCH3 is 1. The summed E-state index contributed by atoms with van der Waals surface area (Å²) in [7, 11) is 1.37. The third kappa shape index (κ3) is 5.43. The SMILES string of the molecule is COC(=O)c1ccc([C@H](C)NC(=O)C2(c3ccnc(OCC4CCCCC4)c3)CCCC2)cc1. The summed E-state index contributed by atoms with van der Waals surface area (Å²) < 4.78 is 10.8. The highest BCUT2D eigenvalue weighted by molar-refractivity contribution is 5.90. The van der Waals surface area contributed by atoms with Gasteiger partial charge in [0.2, 0.25) is 11.8 Å². The van der Waals surface area contributed by atoms with Gasteiger partial charge < -0.3 is 14.8 Å². The van der Waals surface area contributed by atoms with Gasteiger partial charge in [-0.25, -0.2) is 9.78 Å². The number of rotatable bonds is 8. The summed E-state index contributed by atoms with van der Waals surface area (Å²) in [6.45, 7) is 2.67. The number of amides is 1. The van der Waals surface area contributed by atoms with Crippen LogP contribution in [0.4, 0.5) is 0 Å². The molecule has 182 valence electrons. The van der Waals surface area contributed by atoms with Crippen LogP contribution in [0.1, 0.15) is 92.2 Å². The molecule has 6 nitrogen and oxygen atoms in total. The van der Waals surface area contributed by atoms with Crippen LogP contribution in [0.5, 0.6) is 5.88 Å². The molecule has 0 spiro atoms. The van der Waals surface area contributed by atoms with Crippen molar-refractivity contribution in [3.8, 4) is 5.88 Å². The van der Waals surface area contributed by atoms with Crippen molar-refractivity contribution in [1.29, 1.82) is 0 Å². The smallest absolute Gasteiger partial charge is 0.337 e. The van der Waals surface area contributed by atoms with Crippen LogP contribution in [-0.2, 0) is 14.9 Å².